The predicted molar refractivity (Wildman–Crippen MR) is 64.1 cm³/mol. The molecular weight excluding hydrogens is 190 g/mol. The Morgan fingerprint density at radius 1 is 1.40 bits per heavy atom. The Balaban J connectivity index is 3.37. The second kappa shape index (κ2) is 8.08. The lowest BCUT2D eigenvalue weighted by atomic mass is 9.89. The van der Waals surface area contributed by atoms with Crippen LogP contribution in [-0.4, -0.2) is 37.5 Å². The van der Waals surface area contributed by atoms with Crippen LogP contribution in [0.3, 0.4) is 0 Å². The van der Waals surface area contributed by atoms with Crippen LogP contribution < -0.4 is 5.32 Å². The van der Waals surface area contributed by atoms with Gasteiger partial charge in [0.1, 0.15) is 0 Å². The topological polar surface area (TPSA) is 41.5 Å². The first-order chi connectivity index (χ1) is 7.04. The van der Waals surface area contributed by atoms with E-state index >= 15 is 0 Å². The summed E-state index contributed by atoms with van der Waals surface area (Å²) in [6, 6.07) is 0. The first-order valence-corrected chi connectivity index (χ1v) is 5.97. The van der Waals surface area contributed by atoms with Gasteiger partial charge in [-0.05, 0) is 33.2 Å². The Kier molecular flexibility index (Phi) is 8.02. The normalized spacial score (nSPS) is 15.6. The maximum absolute atomic E-state index is 9.20. The smallest absolute Gasteiger partial charge is 0.0518 e. The van der Waals surface area contributed by atoms with Crippen molar-refractivity contribution in [3.8, 4) is 0 Å². The van der Waals surface area contributed by atoms with Gasteiger partial charge in [0, 0.05) is 25.2 Å². The van der Waals surface area contributed by atoms with E-state index in [2.05, 4.69) is 19.2 Å². The fraction of sp³-hybridized carbons (Fsp3) is 1.00. The first kappa shape index (κ1) is 14.9. The molecule has 0 aromatic rings. The average molecular weight is 217 g/mol. The lowest BCUT2D eigenvalue weighted by Crippen LogP contribution is -2.35. The van der Waals surface area contributed by atoms with Crippen molar-refractivity contribution in [2.24, 2.45) is 5.41 Å². The van der Waals surface area contributed by atoms with Crippen molar-refractivity contribution < 1.29 is 9.84 Å². The molecule has 92 valence electrons. The highest BCUT2D eigenvalue weighted by Gasteiger charge is 2.19. The third kappa shape index (κ3) is 7.77. The summed E-state index contributed by atoms with van der Waals surface area (Å²) >= 11 is 0. The molecule has 0 saturated carbocycles. The van der Waals surface area contributed by atoms with Gasteiger partial charge >= 0.3 is 0 Å². The maximum atomic E-state index is 9.20. The van der Waals surface area contributed by atoms with Crippen LogP contribution in [0.1, 0.15) is 40.5 Å². The minimum atomic E-state index is 0.0267. The van der Waals surface area contributed by atoms with Crippen molar-refractivity contribution in [2.75, 3.05) is 26.3 Å². The van der Waals surface area contributed by atoms with Gasteiger partial charge in [-0.15, -0.1) is 0 Å². The lowest BCUT2D eigenvalue weighted by Gasteiger charge is -2.25. The van der Waals surface area contributed by atoms with Crippen molar-refractivity contribution in [3.05, 3.63) is 0 Å². The number of aliphatic hydroxyl groups is 1. The summed E-state index contributed by atoms with van der Waals surface area (Å²) in [5.41, 5.74) is 0.0267. The van der Waals surface area contributed by atoms with Gasteiger partial charge in [0.2, 0.25) is 0 Å². The van der Waals surface area contributed by atoms with E-state index in [0.29, 0.717) is 6.10 Å². The summed E-state index contributed by atoms with van der Waals surface area (Å²) in [5.74, 6) is 0. The zero-order valence-corrected chi connectivity index (χ0v) is 10.7. The molecule has 0 aromatic carbocycles. The highest BCUT2D eigenvalue weighted by Crippen LogP contribution is 2.18. The molecule has 0 aromatic heterocycles. The second-order valence-corrected chi connectivity index (χ2v) is 4.77. The van der Waals surface area contributed by atoms with E-state index in [9.17, 15) is 5.11 Å². The molecule has 2 N–H and O–H groups in total. The number of nitrogens with one attached hydrogen (secondary N) is 1. The molecule has 0 heterocycles. The summed E-state index contributed by atoms with van der Waals surface area (Å²) < 4.78 is 5.44. The molecular formula is C12H27NO2. The Bertz CT molecular complexity index is 145. The number of hydrogen-bond donors (Lipinski definition) is 2. The molecule has 0 aliphatic rings. The van der Waals surface area contributed by atoms with Crippen molar-refractivity contribution >= 4 is 0 Å². The van der Waals surface area contributed by atoms with Gasteiger partial charge in [-0.3, -0.25) is 0 Å². The van der Waals surface area contributed by atoms with E-state index < -0.39 is 0 Å². The average Bonchev–Trinajstić information content (AvgIpc) is 2.22. The van der Waals surface area contributed by atoms with Crippen LogP contribution in [0, 0.1) is 5.41 Å². The molecule has 15 heavy (non-hydrogen) atoms. The second-order valence-electron chi connectivity index (χ2n) is 4.77. The van der Waals surface area contributed by atoms with Gasteiger partial charge in [0.15, 0.2) is 0 Å². The zero-order chi connectivity index (χ0) is 11.7. The summed E-state index contributed by atoms with van der Waals surface area (Å²) in [6.07, 6.45) is 2.35. The summed E-state index contributed by atoms with van der Waals surface area (Å²) in [4.78, 5) is 0. The SMILES string of the molecule is CCC(C)(CO)CNCCCOC(C)C. The largest absolute Gasteiger partial charge is 0.396 e. The van der Waals surface area contributed by atoms with Crippen molar-refractivity contribution in [2.45, 2.75) is 46.6 Å². The predicted octanol–water partition coefficient (Wildman–Crippen LogP) is 1.80. The summed E-state index contributed by atoms with van der Waals surface area (Å²) in [6.45, 7) is 11.2. The molecule has 0 aliphatic carbocycles. The Labute approximate surface area is 94.2 Å². The Hall–Kier alpha value is -0.120. The highest BCUT2D eigenvalue weighted by atomic mass is 16.5. The standard InChI is InChI=1S/C12H27NO2/c1-5-12(4,10-14)9-13-7-6-8-15-11(2)3/h11,13-14H,5-10H2,1-4H3. The monoisotopic (exact) mass is 217 g/mol. The molecule has 0 radical (unpaired) electrons. The van der Waals surface area contributed by atoms with Crippen LogP contribution in [0.25, 0.3) is 0 Å². The van der Waals surface area contributed by atoms with E-state index in [1.54, 1.807) is 0 Å². The van der Waals surface area contributed by atoms with Gasteiger partial charge in [-0.25, -0.2) is 0 Å². The fourth-order valence-corrected chi connectivity index (χ4v) is 1.20. The van der Waals surface area contributed by atoms with E-state index in [1.165, 1.54) is 0 Å². The molecule has 0 saturated heterocycles. The van der Waals surface area contributed by atoms with Gasteiger partial charge in [0.05, 0.1) is 6.10 Å². The van der Waals surface area contributed by atoms with Crippen LogP contribution in [0.15, 0.2) is 0 Å². The maximum Gasteiger partial charge on any atom is 0.0518 e. The Morgan fingerprint density at radius 2 is 2.07 bits per heavy atom. The quantitative estimate of drug-likeness (QED) is 0.579. The molecule has 0 fully saturated rings. The molecule has 1 unspecified atom stereocenters. The number of rotatable bonds is 9. The molecule has 0 spiro atoms. The lowest BCUT2D eigenvalue weighted by molar-refractivity contribution is 0.0758. The zero-order valence-electron chi connectivity index (χ0n) is 10.7. The summed E-state index contributed by atoms with van der Waals surface area (Å²) in [7, 11) is 0. The van der Waals surface area contributed by atoms with Crippen LogP contribution in [0.2, 0.25) is 0 Å². The molecule has 3 nitrogen and oxygen atoms in total. The number of aliphatic hydroxyl groups excluding tert-OH is 1. The van der Waals surface area contributed by atoms with Gasteiger partial charge < -0.3 is 15.2 Å². The van der Waals surface area contributed by atoms with Gasteiger partial charge in [-0.1, -0.05) is 13.8 Å². The molecule has 3 heteroatoms. The molecule has 0 aliphatic heterocycles. The van der Waals surface area contributed by atoms with Crippen LogP contribution in [-0.2, 0) is 4.74 Å². The third-order valence-corrected chi connectivity index (χ3v) is 2.74. The highest BCUT2D eigenvalue weighted by molar-refractivity contribution is 4.73. The number of hydrogen-bond acceptors (Lipinski definition) is 3. The molecule has 0 amide bonds. The van der Waals surface area contributed by atoms with Crippen LogP contribution in [0.5, 0.6) is 0 Å². The van der Waals surface area contributed by atoms with E-state index in [1.807, 2.05) is 13.8 Å². The minimum absolute atomic E-state index is 0.0267. The van der Waals surface area contributed by atoms with Crippen molar-refractivity contribution in [3.63, 3.8) is 0 Å². The molecule has 1 atom stereocenters. The van der Waals surface area contributed by atoms with Gasteiger partial charge in [-0.2, -0.15) is 0 Å². The fourth-order valence-electron chi connectivity index (χ4n) is 1.20. The van der Waals surface area contributed by atoms with E-state index in [4.69, 9.17) is 4.74 Å². The number of ether oxygens (including phenoxy) is 1. The van der Waals surface area contributed by atoms with Crippen molar-refractivity contribution in [1.82, 2.24) is 5.32 Å². The minimum Gasteiger partial charge on any atom is -0.396 e. The Morgan fingerprint density at radius 3 is 2.53 bits per heavy atom. The van der Waals surface area contributed by atoms with Crippen molar-refractivity contribution in [1.29, 1.82) is 0 Å². The summed E-state index contributed by atoms with van der Waals surface area (Å²) in [5, 5.41) is 12.6. The van der Waals surface area contributed by atoms with E-state index in [0.717, 1.165) is 32.5 Å². The third-order valence-electron chi connectivity index (χ3n) is 2.74. The van der Waals surface area contributed by atoms with E-state index in [-0.39, 0.29) is 12.0 Å². The first-order valence-electron chi connectivity index (χ1n) is 5.97. The molecule has 0 rings (SSSR count). The van der Waals surface area contributed by atoms with Gasteiger partial charge in [0.25, 0.3) is 0 Å². The molecule has 0 bridgehead atoms. The van der Waals surface area contributed by atoms with Crippen LogP contribution in [0.4, 0.5) is 0 Å². The van der Waals surface area contributed by atoms with Crippen LogP contribution >= 0.6 is 0 Å².